The molecule has 8 heteroatoms. The molecule has 0 aliphatic rings. The van der Waals surface area contributed by atoms with Crippen LogP contribution in [0.2, 0.25) is 0 Å². The third kappa shape index (κ3) is 5.88. The van der Waals surface area contributed by atoms with Gasteiger partial charge in [-0.3, -0.25) is 19.7 Å². The number of benzene rings is 1. The number of anilines is 1. The quantitative estimate of drug-likeness (QED) is 0.557. The van der Waals surface area contributed by atoms with Gasteiger partial charge >= 0.3 is 5.97 Å². The molecule has 0 saturated heterocycles. The van der Waals surface area contributed by atoms with Crippen molar-refractivity contribution in [2.45, 2.75) is 19.8 Å². The molecule has 0 aliphatic carbocycles. The maximum absolute atomic E-state index is 11.8. The highest BCUT2D eigenvalue weighted by molar-refractivity contribution is 5.91. The third-order valence-corrected chi connectivity index (χ3v) is 3.12. The summed E-state index contributed by atoms with van der Waals surface area (Å²) in [7, 11) is 1.74. The van der Waals surface area contributed by atoms with E-state index in [1.165, 1.54) is 18.2 Å². The van der Waals surface area contributed by atoms with Gasteiger partial charge in [-0.25, -0.2) is 0 Å². The predicted molar refractivity (Wildman–Crippen MR) is 80.8 cm³/mol. The topological polar surface area (TPSA) is 113 Å². The first-order valence-electron chi connectivity index (χ1n) is 6.75. The van der Waals surface area contributed by atoms with E-state index in [0.29, 0.717) is 24.3 Å². The van der Waals surface area contributed by atoms with Crippen molar-refractivity contribution in [1.29, 1.82) is 0 Å². The fraction of sp³-hybridized carbons (Fsp3) is 0.429. The van der Waals surface area contributed by atoms with Crippen molar-refractivity contribution >= 4 is 23.3 Å². The molecule has 0 atom stereocenters. The van der Waals surface area contributed by atoms with Crippen molar-refractivity contribution in [2.75, 3.05) is 25.5 Å². The maximum Gasteiger partial charge on any atom is 0.304 e. The van der Waals surface area contributed by atoms with Gasteiger partial charge in [0.2, 0.25) is 5.91 Å². The highest BCUT2D eigenvalue weighted by atomic mass is 16.6. The largest absolute Gasteiger partial charge is 0.481 e. The molecule has 8 nitrogen and oxygen atoms in total. The molecular formula is C14H19N3O5. The monoisotopic (exact) mass is 309 g/mol. The number of carbonyl (C=O) groups is 2. The van der Waals surface area contributed by atoms with Crippen LogP contribution in [0.5, 0.6) is 0 Å². The van der Waals surface area contributed by atoms with E-state index in [1.807, 2.05) is 0 Å². The highest BCUT2D eigenvalue weighted by Crippen LogP contribution is 2.21. The number of nitro groups is 1. The summed E-state index contributed by atoms with van der Waals surface area (Å²) >= 11 is 0. The predicted octanol–water partition coefficient (Wildman–Crippen LogP) is 1.64. The molecule has 0 heterocycles. The Morgan fingerprint density at radius 3 is 2.50 bits per heavy atom. The molecule has 1 aromatic carbocycles. The van der Waals surface area contributed by atoms with Crippen LogP contribution in [0.4, 0.5) is 11.4 Å². The van der Waals surface area contributed by atoms with Crippen molar-refractivity contribution in [3.05, 3.63) is 33.9 Å². The van der Waals surface area contributed by atoms with E-state index in [-0.39, 0.29) is 24.4 Å². The Hall–Kier alpha value is -2.48. The number of carbonyl (C=O) groups excluding carboxylic acids is 1. The van der Waals surface area contributed by atoms with E-state index < -0.39 is 10.9 Å². The van der Waals surface area contributed by atoms with Crippen molar-refractivity contribution in [1.82, 2.24) is 4.90 Å². The summed E-state index contributed by atoms with van der Waals surface area (Å²) in [5.41, 5.74) is 1.12. The van der Waals surface area contributed by atoms with Crippen LogP contribution in [-0.4, -0.2) is 46.9 Å². The summed E-state index contributed by atoms with van der Waals surface area (Å²) in [6, 6.07) is 4.23. The van der Waals surface area contributed by atoms with E-state index in [9.17, 15) is 19.7 Å². The molecule has 0 fully saturated rings. The molecule has 0 unspecified atom stereocenters. The number of amides is 1. The number of rotatable bonds is 8. The smallest absolute Gasteiger partial charge is 0.304 e. The van der Waals surface area contributed by atoms with Crippen molar-refractivity contribution in [3.8, 4) is 0 Å². The maximum atomic E-state index is 11.8. The van der Waals surface area contributed by atoms with Crippen molar-refractivity contribution < 1.29 is 19.6 Å². The number of carboxylic acids is 1. The van der Waals surface area contributed by atoms with E-state index in [1.54, 1.807) is 18.9 Å². The second-order valence-corrected chi connectivity index (χ2v) is 5.00. The average Bonchev–Trinajstić information content (AvgIpc) is 2.44. The van der Waals surface area contributed by atoms with Gasteiger partial charge in [0, 0.05) is 37.3 Å². The third-order valence-electron chi connectivity index (χ3n) is 3.12. The first-order valence-corrected chi connectivity index (χ1v) is 6.75. The van der Waals surface area contributed by atoms with Gasteiger partial charge in [0.25, 0.3) is 5.69 Å². The molecule has 0 bridgehead atoms. The summed E-state index contributed by atoms with van der Waals surface area (Å²) in [6.45, 7) is 2.49. The molecule has 0 aliphatic heterocycles. The van der Waals surface area contributed by atoms with E-state index in [4.69, 9.17) is 5.11 Å². The van der Waals surface area contributed by atoms with Crippen LogP contribution in [0.15, 0.2) is 18.2 Å². The van der Waals surface area contributed by atoms with Crippen LogP contribution in [0.25, 0.3) is 0 Å². The molecule has 1 rings (SSSR count). The molecule has 22 heavy (non-hydrogen) atoms. The molecule has 0 radical (unpaired) electrons. The van der Waals surface area contributed by atoms with Gasteiger partial charge in [-0.05, 0) is 25.6 Å². The second kappa shape index (κ2) is 8.08. The highest BCUT2D eigenvalue weighted by Gasteiger charge is 2.11. The molecule has 120 valence electrons. The van der Waals surface area contributed by atoms with E-state index in [2.05, 4.69) is 5.32 Å². The fourth-order valence-corrected chi connectivity index (χ4v) is 1.81. The summed E-state index contributed by atoms with van der Waals surface area (Å²) in [5.74, 6) is -1.10. The zero-order valence-corrected chi connectivity index (χ0v) is 12.5. The molecule has 2 N–H and O–H groups in total. The number of nitro benzene ring substituents is 1. The van der Waals surface area contributed by atoms with Gasteiger partial charge in [0.15, 0.2) is 0 Å². The Kier molecular flexibility index (Phi) is 6.46. The molecule has 1 amide bonds. The average molecular weight is 309 g/mol. The number of nitrogens with one attached hydrogen (secondary N) is 1. The standard InChI is InChI=1S/C14H19N3O5/c1-10-9-11(17(21)22)3-4-12(10)15-13(18)5-7-16(2)8-6-14(19)20/h3-4,9H,5-8H2,1-2H3,(H,15,18)(H,19,20). The first kappa shape index (κ1) is 17.6. The van der Waals surface area contributed by atoms with Crippen LogP contribution < -0.4 is 5.32 Å². The minimum atomic E-state index is -0.877. The molecule has 0 saturated carbocycles. The zero-order chi connectivity index (χ0) is 16.7. The SMILES string of the molecule is Cc1cc([N+](=O)[O-])ccc1NC(=O)CCN(C)CCC(=O)O. The summed E-state index contributed by atoms with van der Waals surface area (Å²) in [4.78, 5) is 34.2. The van der Waals surface area contributed by atoms with Crippen molar-refractivity contribution in [2.24, 2.45) is 0 Å². The number of aliphatic carboxylic acids is 1. The second-order valence-electron chi connectivity index (χ2n) is 5.00. The van der Waals surface area contributed by atoms with Gasteiger partial charge in [-0.15, -0.1) is 0 Å². The van der Waals surface area contributed by atoms with Crippen LogP contribution in [-0.2, 0) is 9.59 Å². The van der Waals surface area contributed by atoms with Crippen LogP contribution in [0.1, 0.15) is 18.4 Å². The molecule has 1 aromatic rings. The molecule has 0 aromatic heterocycles. The lowest BCUT2D eigenvalue weighted by atomic mass is 10.1. The number of non-ortho nitro benzene ring substituents is 1. The van der Waals surface area contributed by atoms with Crippen LogP contribution in [0.3, 0.4) is 0 Å². The Morgan fingerprint density at radius 2 is 1.95 bits per heavy atom. The van der Waals surface area contributed by atoms with E-state index in [0.717, 1.165) is 0 Å². The number of hydrogen-bond acceptors (Lipinski definition) is 5. The van der Waals surface area contributed by atoms with E-state index >= 15 is 0 Å². The number of carboxylic acid groups (broad SMARTS) is 1. The van der Waals surface area contributed by atoms with Gasteiger partial charge < -0.3 is 15.3 Å². The van der Waals surface area contributed by atoms with Crippen LogP contribution in [0, 0.1) is 17.0 Å². The normalized spacial score (nSPS) is 10.5. The van der Waals surface area contributed by atoms with Crippen molar-refractivity contribution in [3.63, 3.8) is 0 Å². The number of hydrogen-bond donors (Lipinski definition) is 2. The number of aryl methyl sites for hydroxylation is 1. The Morgan fingerprint density at radius 1 is 1.32 bits per heavy atom. The molecule has 0 spiro atoms. The summed E-state index contributed by atoms with van der Waals surface area (Å²) in [6.07, 6.45) is 0.242. The lowest BCUT2D eigenvalue weighted by Gasteiger charge is -2.15. The number of nitrogens with zero attached hydrogens (tertiary/aromatic N) is 2. The Balaban J connectivity index is 2.48. The minimum Gasteiger partial charge on any atom is -0.481 e. The summed E-state index contributed by atoms with van der Waals surface area (Å²) < 4.78 is 0. The van der Waals surface area contributed by atoms with Gasteiger partial charge in [0.05, 0.1) is 11.3 Å². The van der Waals surface area contributed by atoms with Gasteiger partial charge in [0.1, 0.15) is 0 Å². The first-order chi connectivity index (χ1) is 10.3. The minimum absolute atomic E-state index is 0.0242. The van der Waals surface area contributed by atoms with Gasteiger partial charge in [-0.1, -0.05) is 0 Å². The van der Waals surface area contributed by atoms with Crippen LogP contribution >= 0.6 is 0 Å². The Bertz CT molecular complexity index is 574. The lowest BCUT2D eigenvalue weighted by Crippen LogP contribution is -2.26. The lowest BCUT2D eigenvalue weighted by molar-refractivity contribution is -0.384. The fourth-order valence-electron chi connectivity index (χ4n) is 1.81. The summed E-state index contributed by atoms with van der Waals surface area (Å²) in [5, 5.41) is 21.9. The van der Waals surface area contributed by atoms with Gasteiger partial charge in [-0.2, -0.15) is 0 Å². The zero-order valence-electron chi connectivity index (χ0n) is 12.5. The molecular weight excluding hydrogens is 290 g/mol. The Labute approximate surface area is 127 Å².